The van der Waals surface area contributed by atoms with E-state index in [1.54, 1.807) is 5.38 Å². The van der Waals surface area contributed by atoms with Crippen molar-refractivity contribution in [1.29, 1.82) is 0 Å². The van der Waals surface area contributed by atoms with Crippen molar-refractivity contribution in [1.82, 2.24) is 4.98 Å². The molecule has 5 heteroatoms. The van der Waals surface area contributed by atoms with Gasteiger partial charge in [0.25, 0.3) is 0 Å². The molecule has 2 atom stereocenters. The van der Waals surface area contributed by atoms with Gasteiger partial charge in [-0.3, -0.25) is 0 Å². The van der Waals surface area contributed by atoms with Crippen LogP contribution in [0.5, 0.6) is 0 Å². The van der Waals surface area contributed by atoms with Gasteiger partial charge in [-0.1, -0.05) is 19.8 Å². The highest BCUT2D eigenvalue weighted by Crippen LogP contribution is 2.31. The van der Waals surface area contributed by atoms with E-state index in [1.165, 1.54) is 37.7 Å². The molecule has 0 aromatic carbocycles. The summed E-state index contributed by atoms with van der Waals surface area (Å²) in [7, 11) is 1.37. The average molecular weight is 254 g/mol. The molecule has 0 bridgehead atoms. The summed E-state index contributed by atoms with van der Waals surface area (Å²) in [5.74, 6) is 1.16. The Bertz CT molecular complexity index is 392. The summed E-state index contributed by atoms with van der Waals surface area (Å²) in [5.41, 5.74) is 0.388. The summed E-state index contributed by atoms with van der Waals surface area (Å²) >= 11 is 1.45. The van der Waals surface area contributed by atoms with E-state index < -0.39 is 0 Å². The Morgan fingerprint density at radius 1 is 1.65 bits per heavy atom. The number of thiazole rings is 1. The third-order valence-corrected chi connectivity index (χ3v) is 4.25. The standard InChI is InChI=1S/C12H18N2O2S/c1-8-4-3-5-9(8)6-13-12-14-10(7-17-12)11(15)16-2/h7-9H,3-6H2,1-2H3,(H,13,14). The number of anilines is 1. The molecule has 94 valence electrons. The van der Waals surface area contributed by atoms with Crippen molar-refractivity contribution in [2.24, 2.45) is 11.8 Å². The second kappa shape index (κ2) is 5.49. The first-order valence-electron chi connectivity index (χ1n) is 5.98. The first-order chi connectivity index (χ1) is 8.20. The maximum Gasteiger partial charge on any atom is 0.357 e. The fourth-order valence-electron chi connectivity index (χ4n) is 2.30. The van der Waals surface area contributed by atoms with Gasteiger partial charge in [0.2, 0.25) is 0 Å². The van der Waals surface area contributed by atoms with Crippen molar-refractivity contribution >= 4 is 22.4 Å². The number of nitrogens with zero attached hydrogens (tertiary/aromatic N) is 1. The molecule has 0 radical (unpaired) electrons. The van der Waals surface area contributed by atoms with E-state index in [0.29, 0.717) is 5.69 Å². The van der Waals surface area contributed by atoms with Crippen LogP contribution >= 0.6 is 11.3 Å². The number of nitrogens with one attached hydrogen (secondary N) is 1. The lowest BCUT2D eigenvalue weighted by Crippen LogP contribution is -2.16. The van der Waals surface area contributed by atoms with E-state index in [4.69, 9.17) is 0 Å². The van der Waals surface area contributed by atoms with Gasteiger partial charge in [-0.2, -0.15) is 0 Å². The van der Waals surface area contributed by atoms with E-state index in [0.717, 1.165) is 23.5 Å². The van der Waals surface area contributed by atoms with Gasteiger partial charge in [0.1, 0.15) is 0 Å². The van der Waals surface area contributed by atoms with Crippen molar-refractivity contribution in [3.8, 4) is 0 Å². The zero-order valence-corrected chi connectivity index (χ0v) is 11.0. The first kappa shape index (κ1) is 12.4. The van der Waals surface area contributed by atoms with Crippen LogP contribution in [0.2, 0.25) is 0 Å². The summed E-state index contributed by atoms with van der Waals surface area (Å²) in [6, 6.07) is 0. The van der Waals surface area contributed by atoms with Crippen LogP contribution in [0.4, 0.5) is 5.13 Å². The van der Waals surface area contributed by atoms with E-state index in [-0.39, 0.29) is 5.97 Å². The van der Waals surface area contributed by atoms with Gasteiger partial charge in [0.05, 0.1) is 7.11 Å². The third kappa shape index (κ3) is 2.97. The van der Waals surface area contributed by atoms with Gasteiger partial charge in [0, 0.05) is 11.9 Å². The number of hydrogen-bond acceptors (Lipinski definition) is 5. The fraction of sp³-hybridized carbons (Fsp3) is 0.667. The van der Waals surface area contributed by atoms with Crippen LogP contribution in [-0.2, 0) is 4.74 Å². The molecule has 1 heterocycles. The number of carbonyl (C=O) groups is 1. The number of esters is 1. The van der Waals surface area contributed by atoms with Crippen LogP contribution in [0, 0.1) is 11.8 Å². The molecule has 1 aromatic heterocycles. The van der Waals surface area contributed by atoms with Gasteiger partial charge in [-0.25, -0.2) is 9.78 Å². The molecule has 1 aliphatic rings. The summed E-state index contributed by atoms with van der Waals surface area (Å²) in [5, 5.41) is 5.85. The highest BCUT2D eigenvalue weighted by Gasteiger charge is 2.23. The Kier molecular flexibility index (Phi) is 3.99. The quantitative estimate of drug-likeness (QED) is 0.839. The normalized spacial score (nSPS) is 23.6. The summed E-state index contributed by atoms with van der Waals surface area (Å²) in [6.07, 6.45) is 3.96. The Labute approximate surface area is 105 Å². The lowest BCUT2D eigenvalue weighted by molar-refractivity contribution is 0.0595. The number of rotatable bonds is 4. The molecular weight excluding hydrogens is 236 g/mol. The zero-order valence-electron chi connectivity index (χ0n) is 10.2. The molecule has 1 fully saturated rings. The third-order valence-electron chi connectivity index (χ3n) is 3.45. The highest BCUT2D eigenvalue weighted by atomic mass is 32.1. The molecular formula is C12H18N2O2S. The molecule has 1 aromatic rings. The summed E-state index contributed by atoms with van der Waals surface area (Å²) < 4.78 is 4.62. The second-order valence-corrected chi connectivity index (χ2v) is 5.44. The van der Waals surface area contributed by atoms with Crippen LogP contribution < -0.4 is 5.32 Å². The zero-order chi connectivity index (χ0) is 12.3. The van der Waals surface area contributed by atoms with E-state index >= 15 is 0 Å². The number of ether oxygens (including phenoxy) is 1. The summed E-state index contributed by atoms with van der Waals surface area (Å²) in [4.78, 5) is 15.4. The Balaban J connectivity index is 1.86. The minimum atomic E-state index is -0.372. The minimum absolute atomic E-state index is 0.372. The van der Waals surface area contributed by atoms with Gasteiger partial charge >= 0.3 is 5.97 Å². The van der Waals surface area contributed by atoms with Crippen molar-refractivity contribution < 1.29 is 9.53 Å². The molecule has 17 heavy (non-hydrogen) atoms. The van der Waals surface area contributed by atoms with Gasteiger partial charge < -0.3 is 10.1 Å². The largest absolute Gasteiger partial charge is 0.464 e. The molecule has 2 rings (SSSR count). The summed E-state index contributed by atoms with van der Waals surface area (Å²) in [6.45, 7) is 3.26. The molecule has 1 N–H and O–H groups in total. The predicted octanol–water partition coefficient (Wildman–Crippen LogP) is 2.78. The van der Waals surface area contributed by atoms with Crippen molar-refractivity contribution in [3.63, 3.8) is 0 Å². The second-order valence-electron chi connectivity index (χ2n) is 4.58. The van der Waals surface area contributed by atoms with Crippen molar-refractivity contribution in [3.05, 3.63) is 11.1 Å². The van der Waals surface area contributed by atoms with E-state index in [9.17, 15) is 4.79 Å². The van der Waals surface area contributed by atoms with Gasteiger partial charge in [-0.15, -0.1) is 11.3 Å². The minimum Gasteiger partial charge on any atom is -0.464 e. The Morgan fingerprint density at radius 2 is 2.47 bits per heavy atom. The lowest BCUT2D eigenvalue weighted by atomic mass is 9.98. The number of methoxy groups -OCH3 is 1. The van der Waals surface area contributed by atoms with Crippen LogP contribution in [0.3, 0.4) is 0 Å². The molecule has 2 unspecified atom stereocenters. The van der Waals surface area contributed by atoms with Crippen LogP contribution in [0.1, 0.15) is 36.7 Å². The predicted molar refractivity (Wildman–Crippen MR) is 68.4 cm³/mol. The lowest BCUT2D eigenvalue weighted by Gasteiger charge is -2.15. The Hall–Kier alpha value is -1.10. The molecule has 4 nitrogen and oxygen atoms in total. The molecule has 0 aliphatic heterocycles. The van der Waals surface area contributed by atoms with Crippen LogP contribution in [0.15, 0.2) is 5.38 Å². The number of hydrogen-bond donors (Lipinski definition) is 1. The molecule has 0 saturated heterocycles. The maximum absolute atomic E-state index is 11.2. The van der Waals surface area contributed by atoms with E-state index in [1.807, 2.05) is 0 Å². The molecule has 0 spiro atoms. The molecule has 0 amide bonds. The first-order valence-corrected chi connectivity index (χ1v) is 6.86. The maximum atomic E-state index is 11.2. The monoisotopic (exact) mass is 254 g/mol. The van der Waals surface area contributed by atoms with Crippen LogP contribution in [-0.4, -0.2) is 24.6 Å². The van der Waals surface area contributed by atoms with Crippen LogP contribution in [0.25, 0.3) is 0 Å². The molecule has 1 aliphatic carbocycles. The topological polar surface area (TPSA) is 51.2 Å². The van der Waals surface area contributed by atoms with Crippen molar-refractivity contribution in [2.45, 2.75) is 26.2 Å². The number of aromatic nitrogens is 1. The SMILES string of the molecule is COC(=O)c1csc(NCC2CCCC2C)n1. The number of carbonyl (C=O) groups excluding carboxylic acids is 1. The fourth-order valence-corrected chi connectivity index (χ4v) is 2.99. The van der Waals surface area contributed by atoms with Gasteiger partial charge in [-0.05, 0) is 18.3 Å². The average Bonchev–Trinajstić information content (AvgIpc) is 2.94. The van der Waals surface area contributed by atoms with E-state index in [2.05, 4.69) is 22.0 Å². The Morgan fingerprint density at radius 3 is 3.12 bits per heavy atom. The van der Waals surface area contributed by atoms with Crippen molar-refractivity contribution in [2.75, 3.05) is 19.0 Å². The highest BCUT2D eigenvalue weighted by molar-refractivity contribution is 7.13. The van der Waals surface area contributed by atoms with Gasteiger partial charge in [0.15, 0.2) is 10.8 Å². The molecule has 1 saturated carbocycles. The smallest absolute Gasteiger partial charge is 0.357 e.